The lowest BCUT2D eigenvalue weighted by Gasteiger charge is -2.12. The topological polar surface area (TPSA) is 41.5 Å². The zero-order valence-electron chi connectivity index (χ0n) is 15.4. The van der Waals surface area contributed by atoms with Gasteiger partial charge < -0.3 is 0 Å². The molecule has 27 heavy (non-hydrogen) atoms. The van der Waals surface area contributed by atoms with Crippen LogP contribution in [0, 0.1) is 6.92 Å². The molecule has 0 fully saturated rings. The molecule has 3 nitrogen and oxygen atoms in total. The smallest absolute Gasteiger partial charge is 0.253 e. The number of hydrazone groups is 1. The second-order valence-corrected chi connectivity index (χ2v) is 7.66. The lowest BCUT2D eigenvalue weighted by Crippen LogP contribution is -2.28. The van der Waals surface area contributed by atoms with Gasteiger partial charge in [-0.25, -0.2) is 5.43 Å². The largest absolute Gasteiger partial charge is 0.272 e. The van der Waals surface area contributed by atoms with E-state index in [-0.39, 0.29) is 11.2 Å². The van der Waals surface area contributed by atoms with Gasteiger partial charge in [0.15, 0.2) is 0 Å². The summed E-state index contributed by atoms with van der Waals surface area (Å²) in [7, 11) is 0. The van der Waals surface area contributed by atoms with Gasteiger partial charge in [0.2, 0.25) is 0 Å². The molecule has 0 aliphatic heterocycles. The quantitative estimate of drug-likeness (QED) is 0.373. The molecular weight excluding hydrogens is 352 g/mol. The van der Waals surface area contributed by atoms with Gasteiger partial charge in [0, 0.05) is 16.0 Å². The van der Waals surface area contributed by atoms with E-state index < -0.39 is 0 Å². The van der Waals surface area contributed by atoms with Crippen LogP contribution in [0.5, 0.6) is 0 Å². The average Bonchev–Trinajstić information content (AvgIpc) is 2.71. The number of aryl methyl sites for hydroxylation is 1. The van der Waals surface area contributed by atoms with Gasteiger partial charge in [0.1, 0.15) is 0 Å². The first kappa shape index (κ1) is 18.9. The van der Waals surface area contributed by atoms with Crippen molar-refractivity contribution in [3.05, 3.63) is 102 Å². The van der Waals surface area contributed by atoms with Gasteiger partial charge in [-0.05, 0) is 26.0 Å². The molecule has 0 bridgehead atoms. The highest BCUT2D eigenvalue weighted by Gasteiger charge is 2.15. The third kappa shape index (κ3) is 5.31. The Morgan fingerprint density at radius 1 is 0.852 bits per heavy atom. The Bertz CT molecular complexity index is 865. The normalized spacial score (nSPS) is 11.5. The molecule has 0 saturated heterocycles. The van der Waals surface area contributed by atoms with E-state index in [1.165, 1.54) is 17.3 Å². The van der Waals surface area contributed by atoms with Crippen LogP contribution >= 0.6 is 11.8 Å². The fourth-order valence-electron chi connectivity index (χ4n) is 2.56. The van der Waals surface area contributed by atoms with Crippen LogP contribution in [0.15, 0.2) is 94.9 Å². The van der Waals surface area contributed by atoms with Crippen molar-refractivity contribution in [2.75, 3.05) is 0 Å². The molecule has 0 heterocycles. The van der Waals surface area contributed by atoms with Gasteiger partial charge in [-0.2, -0.15) is 5.10 Å². The van der Waals surface area contributed by atoms with Crippen molar-refractivity contribution in [3.8, 4) is 0 Å². The van der Waals surface area contributed by atoms with Crippen molar-refractivity contribution in [3.63, 3.8) is 0 Å². The van der Waals surface area contributed by atoms with E-state index in [0.717, 1.165) is 21.7 Å². The zero-order valence-corrected chi connectivity index (χ0v) is 16.2. The maximum absolute atomic E-state index is 12.5. The van der Waals surface area contributed by atoms with Crippen molar-refractivity contribution in [2.45, 2.75) is 24.0 Å². The van der Waals surface area contributed by atoms with Crippen molar-refractivity contribution >= 4 is 23.4 Å². The molecule has 0 radical (unpaired) electrons. The summed E-state index contributed by atoms with van der Waals surface area (Å²) in [6.45, 7) is 3.94. The maximum atomic E-state index is 12.5. The number of nitrogens with one attached hydrogen (secondary N) is 1. The minimum atomic E-state index is -0.246. The van der Waals surface area contributed by atoms with Gasteiger partial charge in [0.25, 0.3) is 5.91 Å². The number of amides is 1. The van der Waals surface area contributed by atoms with Crippen LogP contribution in [0.4, 0.5) is 0 Å². The van der Waals surface area contributed by atoms with E-state index in [0.29, 0.717) is 0 Å². The minimum Gasteiger partial charge on any atom is -0.272 e. The third-order valence-corrected chi connectivity index (χ3v) is 5.19. The predicted molar refractivity (Wildman–Crippen MR) is 113 cm³/mol. The molecule has 136 valence electrons. The van der Waals surface area contributed by atoms with Crippen molar-refractivity contribution < 1.29 is 4.79 Å². The maximum Gasteiger partial charge on any atom is 0.253 e. The molecule has 3 rings (SSSR count). The molecule has 0 spiro atoms. The van der Waals surface area contributed by atoms with Gasteiger partial charge in [-0.3, -0.25) is 4.79 Å². The second kappa shape index (κ2) is 9.19. The van der Waals surface area contributed by atoms with Crippen LogP contribution < -0.4 is 5.43 Å². The number of rotatable bonds is 6. The first-order chi connectivity index (χ1) is 13.1. The van der Waals surface area contributed by atoms with Gasteiger partial charge in [0.05, 0.1) is 11.0 Å². The number of hydrogen-bond donors (Lipinski definition) is 1. The first-order valence-electron chi connectivity index (χ1n) is 8.85. The summed E-state index contributed by atoms with van der Waals surface area (Å²) in [6.07, 6.45) is 0. The Balaban J connectivity index is 1.75. The van der Waals surface area contributed by atoms with Crippen LogP contribution in [0.2, 0.25) is 0 Å². The van der Waals surface area contributed by atoms with Crippen molar-refractivity contribution in [1.29, 1.82) is 0 Å². The van der Waals surface area contributed by atoms with Gasteiger partial charge in [-0.1, -0.05) is 78.4 Å². The fraction of sp³-hybridized carbons (Fsp3) is 0.130. The highest BCUT2D eigenvalue weighted by molar-refractivity contribution is 8.00. The summed E-state index contributed by atoms with van der Waals surface area (Å²) >= 11 is 1.52. The zero-order chi connectivity index (χ0) is 19.1. The number of hydrogen-bond acceptors (Lipinski definition) is 3. The Hall–Kier alpha value is -2.85. The van der Waals surface area contributed by atoms with E-state index in [1.807, 2.05) is 98.8 Å². The van der Waals surface area contributed by atoms with E-state index in [2.05, 4.69) is 10.5 Å². The highest BCUT2D eigenvalue weighted by Crippen LogP contribution is 2.23. The van der Waals surface area contributed by atoms with Crippen LogP contribution in [0.25, 0.3) is 0 Å². The van der Waals surface area contributed by atoms with Crippen LogP contribution in [0.1, 0.15) is 23.6 Å². The summed E-state index contributed by atoms with van der Waals surface area (Å²) in [5, 5.41) is 4.20. The molecule has 0 aromatic heterocycles. The van der Waals surface area contributed by atoms with E-state index in [9.17, 15) is 4.79 Å². The van der Waals surface area contributed by atoms with E-state index in [1.54, 1.807) is 0 Å². The third-order valence-electron chi connectivity index (χ3n) is 4.08. The number of carbonyl (C=O) groups is 1. The summed E-state index contributed by atoms with van der Waals surface area (Å²) in [5.74, 6) is -0.120. The molecule has 3 aromatic rings. The Kier molecular flexibility index (Phi) is 6.44. The minimum absolute atomic E-state index is 0.120. The monoisotopic (exact) mass is 374 g/mol. The standard InChI is InChI=1S/C23H22N2OS/c1-17-13-15-21(16-14-17)27-18(2)23(26)25-24-22(19-9-5-3-6-10-19)20-11-7-4-8-12-20/h3-16,18H,1-2H3,(H,25,26). The molecule has 0 aliphatic carbocycles. The lowest BCUT2D eigenvalue weighted by atomic mass is 10.0. The Morgan fingerprint density at radius 3 is 1.89 bits per heavy atom. The van der Waals surface area contributed by atoms with Crippen molar-refractivity contribution in [2.24, 2.45) is 5.10 Å². The molecule has 1 amide bonds. The summed E-state index contributed by atoms with van der Waals surface area (Å²) < 4.78 is 0. The number of nitrogens with zero attached hydrogens (tertiary/aromatic N) is 1. The van der Waals surface area contributed by atoms with Crippen LogP contribution in [0.3, 0.4) is 0 Å². The SMILES string of the molecule is Cc1ccc(SC(C)C(=O)NN=C(c2ccccc2)c2ccccc2)cc1. The molecule has 0 aliphatic rings. The molecule has 4 heteroatoms. The summed E-state index contributed by atoms with van der Waals surface area (Å²) in [6, 6.07) is 27.9. The first-order valence-corrected chi connectivity index (χ1v) is 9.73. The van der Waals surface area contributed by atoms with Gasteiger partial charge in [-0.15, -0.1) is 11.8 Å². The molecule has 1 unspecified atom stereocenters. The van der Waals surface area contributed by atoms with Crippen LogP contribution in [-0.4, -0.2) is 16.9 Å². The highest BCUT2D eigenvalue weighted by atomic mass is 32.2. The number of thioether (sulfide) groups is 1. The van der Waals surface area contributed by atoms with E-state index in [4.69, 9.17) is 0 Å². The Labute approximate surface area is 164 Å². The molecule has 1 N–H and O–H groups in total. The lowest BCUT2D eigenvalue weighted by molar-refractivity contribution is -0.120. The average molecular weight is 375 g/mol. The summed E-state index contributed by atoms with van der Waals surface area (Å²) in [5.41, 5.74) is 6.61. The van der Waals surface area contributed by atoms with Crippen molar-refractivity contribution in [1.82, 2.24) is 5.43 Å². The molecule has 0 saturated carbocycles. The van der Waals surface area contributed by atoms with Crippen LogP contribution in [-0.2, 0) is 4.79 Å². The molecule has 1 atom stereocenters. The second-order valence-electron chi connectivity index (χ2n) is 6.24. The number of carbonyl (C=O) groups excluding carboxylic acids is 1. The van der Waals surface area contributed by atoms with E-state index >= 15 is 0 Å². The molecular formula is C23H22N2OS. The fourth-order valence-corrected chi connectivity index (χ4v) is 3.43. The number of benzene rings is 3. The Morgan fingerprint density at radius 2 is 1.37 bits per heavy atom. The predicted octanol–water partition coefficient (Wildman–Crippen LogP) is 5.04. The summed E-state index contributed by atoms with van der Waals surface area (Å²) in [4.78, 5) is 13.6. The molecule has 3 aromatic carbocycles. The van der Waals surface area contributed by atoms with Gasteiger partial charge >= 0.3 is 0 Å².